The van der Waals surface area contributed by atoms with Crippen molar-refractivity contribution in [2.45, 2.75) is 31.7 Å². The summed E-state index contributed by atoms with van der Waals surface area (Å²) >= 11 is 0. The van der Waals surface area contributed by atoms with Gasteiger partial charge >= 0.3 is 0 Å². The van der Waals surface area contributed by atoms with Crippen molar-refractivity contribution in [2.24, 2.45) is 11.7 Å². The second kappa shape index (κ2) is 5.87. The Labute approximate surface area is 103 Å². The number of hydrogen-bond donors (Lipinski definition) is 1. The van der Waals surface area contributed by atoms with E-state index in [1.807, 2.05) is 18.2 Å². The van der Waals surface area contributed by atoms with E-state index in [-0.39, 0.29) is 6.04 Å². The predicted octanol–water partition coefficient (Wildman–Crippen LogP) is 3.44. The highest BCUT2D eigenvalue weighted by Gasteiger charge is 2.14. The van der Waals surface area contributed by atoms with E-state index in [0.29, 0.717) is 5.92 Å². The minimum Gasteiger partial charge on any atom is -0.497 e. The first kappa shape index (κ1) is 12.2. The van der Waals surface area contributed by atoms with Gasteiger partial charge in [-0.15, -0.1) is 0 Å². The number of allylic oxidation sites excluding steroid dienone is 2. The largest absolute Gasteiger partial charge is 0.497 e. The third-order valence-electron chi connectivity index (χ3n) is 3.43. The lowest BCUT2D eigenvalue weighted by molar-refractivity contribution is 0.412. The summed E-state index contributed by atoms with van der Waals surface area (Å²) in [6, 6.07) is 8.19. The fraction of sp³-hybridized carbons (Fsp3) is 0.467. The van der Waals surface area contributed by atoms with E-state index in [4.69, 9.17) is 10.5 Å². The minimum atomic E-state index is 0.109. The molecule has 0 amide bonds. The van der Waals surface area contributed by atoms with Crippen molar-refractivity contribution in [3.8, 4) is 5.75 Å². The molecule has 2 N–H and O–H groups in total. The van der Waals surface area contributed by atoms with Gasteiger partial charge in [-0.25, -0.2) is 0 Å². The summed E-state index contributed by atoms with van der Waals surface area (Å²) in [4.78, 5) is 0. The number of ether oxygens (including phenoxy) is 1. The zero-order valence-corrected chi connectivity index (χ0v) is 10.4. The molecule has 2 heteroatoms. The fourth-order valence-corrected chi connectivity index (χ4v) is 2.41. The minimum absolute atomic E-state index is 0.109. The van der Waals surface area contributed by atoms with Crippen LogP contribution in [0.1, 0.15) is 37.3 Å². The maximum absolute atomic E-state index is 6.26. The van der Waals surface area contributed by atoms with Gasteiger partial charge in [-0.05, 0) is 49.3 Å². The molecule has 1 aliphatic rings. The summed E-state index contributed by atoms with van der Waals surface area (Å²) in [5.74, 6) is 1.53. The number of rotatable bonds is 4. The van der Waals surface area contributed by atoms with E-state index >= 15 is 0 Å². The zero-order valence-electron chi connectivity index (χ0n) is 10.4. The molecule has 2 nitrogen and oxygen atoms in total. The van der Waals surface area contributed by atoms with Crippen LogP contribution in [0.3, 0.4) is 0 Å². The number of methoxy groups -OCH3 is 1. The van der Waals surface area contributed by atoms with E-state index in [9.17, 15) is 0 Å². The molecule has 17 heavy (non-hydrogen) atoms. The second-order valence-electron chi connectivity index (χ2n) is 4.74. The van der Waals surface area contributed by atoms with Crippen molar-refractivity contribution in [2.75, 3.05) is 7.11 Å². The molecule has 0 fully saturated rings. The highest BCUT2D eigenvalue weighted by atomic mass is 16.5. The van der Waals surface area contributed by atoms with Crippen molar-refractivity contribution < 1.29 is 4.74 Å². The smallest absolute Gasteiger partial charge is 0.119 e. The van der Waals surface area contributed by atoms with Crippen LogP contribution in [0.5, 0.6) is 5.75 Å². The molecule has 92 valence electrons. The second-order valence-corrected chi connectivity index (χ2v) is 4.74. The Hall–Kier alpha value is -1.28. The SMILES string of the molecule is COc1cccc(C(N)CC2C=CCCC2)c1. The van der Waals surface area contributed by atoms with Gasteiger partial charge in [-0.1, -0.05) is 24.3 Å². The van der Waals surface area contributed by atoms with Gasteiger partial charge in [0.2, 0.25) is 0 Å². The topological polar surface area (TPSA) is 35.2 Å². The maximum atomic E-state index is 6.26. The summed E-state index contributed by atoms with van der Waals surface area (Å²) in [5.41, 5.74) is 7.43. The predicted molar refractivity (Wildman–Crippen MR) is 71.0 cm³/mol. The van der Waals surface area contributed by atoms with Gasteiger partial charge < -0.3 is 10.5 Å². The Morgan fingerprint density at radius 3 is 3.06 bits per heavy atom. The van der Waals surface area contributed by atoms with E-state index in [1.54, 1.807) is 7.11 Å². The first-order valence-corrected chi connectivity index (χ1v) is 6.36. The van der Waals surface area contributed by atoms with Crippen molar-refractivity contribution in [1.29, 1.82) is 0 Å². The van der Waals surface area contributed by atoms with Crippen LogP contribution in [0, 0.1) is 5.92 Å². The van der Waals surface area contributed by atoms with Crippen LogP contribution in [-0.2, 0) is 0 Å². The van der Waals surface area contributed by atoms with E-state index in [2.05, 4.69) is 18.2 Å². The molecule has 0 radical (unpaired) electrons. The van der Waals surface area contributed by atoms with Crippen LogP contribution >= 0.6 is 0 Å². The highest BCUT2D eigenvalue weighted by molar-refractivity contribution is 5.30. The van der Waals surface area contributed by atoms with Crippen LogP contribution in [0.25, 0.3) is 0 Å². The van der Waals surface area contributed by atoms with Gasteiger partial charge in [0.15, 0.2) is 0 Å². The summed E-state index contributed by atoms with van der Waals surface area (Å²) in [5, 5.41) is 0. The molecule has 0 spiro atoms. The fourth-order valence-electron chi connectivity index (χ4n) is 2.41. The van der Waals surface area contributed by atoms with Gasteiger partial charge in [-0.2, -0.15) is 0 Å². The lowest BCUT2D eigenvalue weighted by Crippen LogP contribution is -2.15. The van der Waals surface area contributed by atoms with Crippen molar-refractivity contribution >= 4 is 0 Å². The highest BCUT2D eigenvalue weighted by Crippen LogP contribution is 2.27. The van der Waals surface area contributed by atoms with Gasteiger partial charge in [0.25, 0.3) is 0 Å². The molecule has 0 aliphatic heterocycles. The van der Waals surface area contributed by atoms with E-state index in [1.165, 1.54) is 24.8 Å². The molecule has 1 aromatic rings. The van der Waals surface area contributed by atoms with Crippen molar-refractivity contribution in [1.82, 2.24) is 0 Å². The average Bonchev–Trinajstić information content (AvgIpc) is 2.40. The monoisotopic (exact) mass is 231 g/mol. The summed E-state index contributed by atoms with van der Waals surface area (Å²) in [7, 11) is 1.69. The summed E-state index contributed by atoms with van der Waals surface area (Å²) in [6.45, 7) is 0. The molecule has 0 saturated carbocycles. The molecule has 1 aliphatic carbocycles. The lowest BCUT2D eigenvalue weighted by Gasteiger charge is -2.21. The average molecular weight is 231 g/mol. The van der Waals surface area contributed by atoms with Crippen LogP contribution in [0.15, 0.2) is 36.4 Å². The van der Waals surface area contributed by atoms with E-state index in [0.717, 1.165) is 12.2 Å². The van der Waals surface area contributed by atoms with Gasteiger partial charge in [0.05, 0.1) is 7.11 Å². The molecule has 0 bridgehead atoms. The number of benzene rings is 1. The molecule has 2 atom stereocenters. The molecular weight excluding hydrogens is 210 g/mol. The third-order valence-corrected chi connectivity index (χ3v) is 3.43. The third kappa shape index (κ3) is 3.34. The van der Waals surface area contributed by atoms with Gasteiger partial charge in [0.1, 0.15) is 5.75 Å². The maximum Gasteiger partial charge on any atom is 0.119 e. The van der Waals surface area contributed by atoms with Crippen LogP contribution in [-0.4, -0.2) is 7.11 Å². The summed E-state index contributed by atoms with van der Waals surface area (Å²) < 4.78 is 5.23. The first-order chi connectivity index (χ1) is 8.29. The number of nitrogens with two attached hydrogens (primary N) is 1. The number of hydrogen-bond acceptors (Lipinski definition) is 2. The lowest BCUT2D eigenvalue weighted by atomic mass is 9.88. The molecule has 0 aromatic heterocycles. The normalized spacial score (nSPS) is 21.2. The quantitative estimate of drug-likeness (QED) is 0.806. The zero-order chi connectivity index (χ0) is 12.1. The van der Waals surface area contributed by atoms with Crippen molar-refractivity contribution in [3.63, 3.8) is 0 Å². The molecule has 1 aromatic carbocycles. The molecule has 2 unspecified atom stereocenters. The van der Waals surface area contributed by atoms with Crippen LogP contribution < -0.4 is 10.5 Å². The summed E-state index contributed by atoms with van der Waals surface area (Å²) in [6.07, 6.45) is 9.44. The Morgan fingerprint density at radius 2 is 2.35 bits per heavy atom. The standard InChI is InChI=1S/C15H21NO/c1-17-14-9-5-8-13(11-14)15(16)10-12-6-3-2-4-7-12/h3,5-6,8-9,11-12,15H,2,4,7,10,16H2,1H3. The van der Waals surface area contributed by atoms with Crippen LogP contribution in [0.2, 0.25) is 0 Å². The molecule has 0 heterocycles. The molecular formula is C15H21NO. The first-order valence-electron chi connectivity index (χ1n) is 6.36. The van der Waals surface area contributed by atoms with Gasteiger partial charge in [-0.3, -0.25) is 0 Å². The van der Waals surface area contributed by atoms with Gasteiger partial charge in [0, 0.05) is 6.04 Å². The molecule has 2 rings (SSSR count). The Morgan fingerprint density at radius 1 is 1.47 bits per heavy atom. The Bertz CT molecular complexity index is 386. The van der Waals surface area contributed by atoms with E-state index < -0.39 is 0 Å². The Balaban J connectivity index is 2.00. The van der Waals surface area contributed by atoms with Crippen molar-refractivity contribution in [3.05, 3.63) is 42.0 Å². The van der Waals surface area contributed by atoms with Crippen LogP contribution in [0.4, 0.5) is 0 Å². The Kier molecular flexibility index (Phi) is 4.21. The molecule has 0 saturated heterocycles.